The maximum atomic E-state index is 2.37. The van der Waals surface area contributed by atoms with Crippen molar-refractivity contribution in [2.45, 2.75) is 30.8 Å². The van der Waals surface area contributed by atoms with Gasteiger partial charge in [0.25, 0.3) is 0 Å². The Morgan fingerprint density at radius 2 is 2.00 bits per heavy atom. The summed E-state index contributed by atoms with van der Waals surface area (Å²) in [7, 11) is 0. The normalized spacial score (nSPS) is 24.7. The van der Waals surface area contributed by atoms with E-state index in [0.717, 1.165) is 0 Å². The summed E-state index contributed by atoms with van der Waals surface area (Å²) in [6.45, 7) is 4.52. The van der Waals surface area contributed by atoms with Gasteiger partial charge in [0.1, 0.15) is 0 Å². The molecule has 0 aromatic heterocycles. The maximum absolute atomic E-state index is 2.37. The van der Waals surface area contributed by atoms with Crippen LogP contribution in [0, 0.1) is 0 Å². The minimum absolute atomic E-state index is 0.297. The molecule has 68 valence electrons. The summed E-state index contributed by atoms with van der Waals surface area (Å²) in [5.74, 6) is 0. The van der Waals surface area contributed by atoms with Gasteiger partial charge in [-0.15, -0.1) is 0 Å². The van der Waals surface area contributed by atoms with E-state index in [1.807, 2.05) is 0 Å². The van der Waals surface area contributed by atoms with Crippen LogP contribution in [0.3, 0.4) is 0 Å². The number of hydrogen-bond donors (Lipinski definition) is 0. The molecule has 1 heteroatoms. The van der Waals surface area contributed by atoms with Crippen molar-refractivity contribution in [2.75, 3.05) is 0 Å². The average Bonchev–Trinajstić information content (AvgIpc) is 2.41. The van der Waals surface area contributed by atoms with E-state index in [0.29, 0.717) is 4.09 Å². The van der Waals surface area contributed by atoms with Crippen molar-refractivity contribution in [1.29, 1.82) is 0 Å². The van der Waals surface area contributed by atoms with Gasteiger partial charge in [0.05, 0.1) is 0 Å². The van der Waals surface area contributed by atoms with Gasteiger partial charge in [0, 0.05) is 0 Å². The molecule has 1 aromatic carbocycles. The first-order valence-electron chi connectivity index (χ1n) is 5.47. The van der Waals surface area contributed by atoms with Crippen molar-refractivity contribution >= 4 is 23.8 Å². The molecule has 0 amide bonds. The molecule has 1 aliphatic rings. The predicted octanol–water partition coefficient (Wildman–Crippen LogP) is 3.27. The van der Waals surface area contributed by atoms with E-state index in [1.165, 1.54) is 29.5 Å². The Balaban J connectivity index is 2.50. The Bertz CT molecular complexity index is 379. The molecule has 0 heterocycles. The standard InChI is InChI=1S/C13H15.Li/c1-3-6-12-10(2)9-11-7-4-5-8-13(11)12;/h4-5,7-9H,3,6H2,1-2H3;. The summed E-state index contributed by atoms with van der Waals surface area (Å²) in [6.07, 6.45) is 4.84. The van der Waals surface area contributed by atoms with E-state index in [-0.39, 0.29) is 0 Å². The summed E-state index contributed by atoms with van der Waals surface area (Å²) in [5.41, 5.74) is 4.45. The van der Waals surface area contributed by atoms with E-state index < -0.39 is 0 Å². The van der Waals surface area contributed by atoms with Crippen LogP contribution in [0.4, 0.5) is 0 Å². The Morgan fingerprint density at radius 1 is 1.29 bits per heavy atom. The fourth-order valence-corrected chi connectivity index (χ4v) is 2.56. The monoisotopic (exact) mass is 178 g/mol. The molecule has 0 saturated heterocycles. The zero-order valence-corrected chi connectivity index (χ0v) is 9.30. The third kappa shape index (κ3) is 1.38. The molecule has 0 saturated carbocycles. The number of benzene rings is 1. The Hall–Kier alpha value is -0.443. The third-order valence-electron chi connectivity index (χ3n) is 3.55. The van der Waals surface area contributed by atoms with Crippen molar-refractivity contribution in [2.24, 2.45) is 0 Å². The third-order valence-corrected chi connectivity index (χ3v) is 3.55. The van der Waals surface area contributed by atoms with Crippen LogP contribution >= 0.6 is 0 Å². The van der Waals surface area contributed by atoms with Gasteiger partial charge in [0.15, 0.2) is 0 Å². The second-order valence-corrected chi connectivity index (χ2v) is 4.50. The van der Waals surface area contributed by atoms with Crippen molar-refractivity contribution in [1.82, 2.24) is 0 Å². The Labute approximate surface area is 95.6 Å². The first-order valence-corrected chi connectivity index (χ1v) is 5.47. The number of hydrogen-bond acceptors (Lipinski definition) is 0. The van der Waals surface area contributed by atoms with Crippen LogP contribution in [0.25, 0.3) is 6.08 Å². The van der Waals surface area contributed by atoms with Gasteiger partial charge < -0.3 is 0 Å². The van der Waals surface area contributed by atoms with E-state index in [9.17, 15) is 0 Å². The average molecular weight is 178 g/mol. The zero-order chi connectivity index (χ0) is 10.2. The molecule has 2 rings (SSSR count). The topological polar surface area (TPSA) is 0 Å². The van der Waals surface area contributed by atoms with Gasteiger partial charge in [-0.1, -0.05) is 0 Å². The fourth-order valence-electron chi connectivity index (χ4n) is 2.56. The quantitative estimate of drug-likeness (QED) is 0.610. The number of allylic oxidation sites excluding steroid dienone is 1. The Kier molecular flexibility index (Phi) is 2.60. The molecule has 0 bridgehead atoms. The summed E-state index contributed by atoms with van der Waals surface area (Å²) in [5, 5.41) is 0. The molecular weight excluding hydrogens is 163 g/mol. The van der Waals surface area contributed by atoms with Crippen LogP contribution in [-0.2, 0) is 4.09 Å². The van der Waals surface area contributed by atoms with Crippen molar-refractivity contribution in [3.05, 3.63) is 41.0 Å². The van der Waals surface area contributed by atoms with Gasteiger partial charge in [-0.05, 0) is 0 Å². The molecule has 0 aliphatic heterocycles. The van der Waals surface area contributed by atoms with Gasteiger partial charge in [-0.2, -0.15) is 0 Å². The van der Waals surface area contributed by atoms with E-state index >= 15 is 0 Å². The molecule has 1 aromatic rings. The second-order valence-electron chi connectivity index (χ2n) is 4.50. The molecule has 1 unspecified atom stereocenters. The summed E-state index contributed by atoms with van der Waals surface area (Å²) >= 11 is 2.37. The first-order chi connectivity index (χ1) is 6.68. The van der Waals surface area contributed by atoms with Gasteiger partial charge in [0.2, 0.25) is 0 Å². The Morgan fingerprint density at radius 3 is 2.71 bits per heavy atom. The van der Waals surface area contributed by atoms with Crippen molar-refractivity contribution in [3.63, 3.8) is 0 Å². The van der Waals surface area contributed by atoms with Gasteiger partial charge in [-0.25, -0.2) is 0 Å². The number of fused-ring (bicyclic) bond motifs is 1. The second kappa shape index (κ2) is 3.61. The molecule has 14 heavy (non-hydrogen) atoms. The van der Waals surface area contributed by atoms with Crippen molar-refractivity contribution < 1.29 is 0 Å². The van der Waals surface area contributed by atoms with E-state index in [2.05, 4.69) is 61.9 Å². The van der Waals surface area contributed by atoms with Crippen LogP contribution in [0.5, 0.6) is 0 Å². The first kappa shape index (κ1) is 10.1. The van der Waals surface area contributed by atoms with Crippen LogP contribution in [0.1, 0.15) is 37.8 Å². The fraction of sp³-hybridized carbons (Fsp3) is 0.385. The molecule has 0 radical (unpaired) electrons. The van der Waals surface area contributed by atoms with Crippen LogP contribution in [0.2, 0.25) is 0 Å². The minimum atomic E-state index is 0.297. The number of rotatable bonds is 2. The zero-order valence-electron chi connectivity index (χ0n) is 9.30. The molecule has 0 nitrogen and oxygen atoms in total. The molecule has 0 fully saturated rings. The van der Waals surface area contributed by atoms with Gasteiger partial charge in [-0.3, -0.25) is 0 Å². The SMILES string of the molecule is [Li][C]1(CCC)C(C)=Cc2ccccc21. The van der Waals surface area contributed by atoms with E-state index in [4.69, 9.17) is 0 Å². The van der Waals surface area contributed by atoms with Crippen LogP contribution in [0.15, 0.2) is 29.8 Å². The molecule has 1 aliphatic carbocycles. The molecule has 0 N–H and O–H groups in total. The predicted molar refractivity (Wildman–Crippen MR) is 62.4 cm³/mol. The molecule has 1 atom stereocenters. The summed E-state index contributed by atoms with van der Waals surface area (Å²) < 4.78 is 0.297. The molecule has 0 spiro atoms. The molecular formula is C13H15Li. The van der Waals surface area contributed by atoms with Crippen molar-refractivity contribution in [3.8, 4) is 0 Å². The van der Waals surface area contributed by atoms with Gasteiger partial charge >= 0.3 is 95.5 Å². The summed E-state index contributed by atoms with van der Waals surface area (Å²) in [6, 6.07) is 8.78. The van der Waals surface area contributed by atoms with E-state index in [1.54, 1.807) is 0 Å². The van der Waals surface area contributed by atoms with Crippen LogP contribution in [-0.4, -0.2) is 17.7 Å². The van der Waals surface area contributed by atoms with Crippen LogP contribution < -0.4 is 0 Å². The summed E-state index contributed by atoms with van der Waals surface area (Å²) in [4.78, 5) is 0.